The number of anilines is 1. The van der Waals surface area contributed by atoms with Crippen LogP contribution in [0.15, 0.2) is 30.3 Å². The first-order valence-corrected chi connectivity index (χ1v) is 10.2. The Morgan fingerprint density at radius 2 is 1.97 bits per heavy atom. The number of rotatable bonds is 8. The summed E-state index contributed by atoms with van der Waals surface area (Å²) in [5.74, 6) is 3.01. The van der Waals surface area contributed by atoms with Crippen molar-refractivity contribution in [1.29, 1.82) is 0 Å². The molecule has 0 radical (unpaired) electrons. The second kappa shape index (κ2) is 10.2. The van der Waals surface area contributed by atoms with Crippen LogP contribution in [0.3, 0.4) is 0 Å². The lowest BCUT2D eigenvalue weighted by atomic mass is 9.99. The molecule has 1 amide bonds. The van der Waals surface area contributed by atoms with E-state index in [0.717, 1.165) is 43.3 Å². The van der Waals surface area contributed by atoms with Gasteiger partial charge in [-0.15, -0.1) is 0 Å². The molecule has 1 atom stereocenters. The number of nitrogens with zero attached hydrogens (tertiary/aromatic N) is 4. The number of aromatic nitrogens is 2. The van der Waals surface area contributed by atoms with E-state index in [4.69, 9.17) is 19.4 Å². The summed E-state index contributed by atoms with van der Waals surface area (Å²) in [6.07, 6.45) is 2.19. The van der Waals surface area contributed by atoms with E-state index in [1.54, 1.807) is 31.2 Å². The molecule has 0 spiro atoms. The third kappa shape index (κ3) is 5.60. The Kier molecular flexibility index (Phi) is 7.46. The minimum absolute atomic E-state index is 0.0676. The van der Waals surface area contributed by atoms with Gasteiger partial charge in [0.15, 0.2) is 18.1 Å². The number of nitrogens with one attached hydrogen (secondary N) is 1. The zero-order valence-corrected chi connectivity index (χ0v) is 18.2. The van der Waals surface area contributed by atoms with Crippen LogP contribution in [0.5, 0.6) is 11.5 Å². The summed E-state index contributed by atoms with van der Waals surface area (Å²) in [4.78, 5) is 25.7. The number of likely N-dealkylation sites (N-methyl/N-ethyl adjacent to an activating group) is 1. The second-order valence-electron chi connectivity index (χ2n) is 7.70. The Hall–Kier alpha value is -2.87. The zero-order chi connectivity index (χ0) is 21.5. The number of piperidine rings is 1. The van der Waals surface area contributed by atoms with E-state index in [1.807, 2.05) is 37.2 Å². The molecule has 162 valence electrons. The lowest BCUT2D eigenvalue weighted by Crippen LogP contribution is -2.32. The van der Waals surface area contributed by atoms with Gasteiger partial charge in [-0.2, -0.15) is 0 Å². The smallest absolute Gasteiger partial charge is 0.260 e. The van der Waals surface area contributed by atoms with E-state index in [1.165, 1.54) is 0 Å². The van der Waals surface area contributed by atoms with Gasteiger partial charge in [-0.3, -0.25) is 4.79 Å². The molecule has 1 aromatic heterocycles. The van der Waals surface area contributed by atoms with Crippen molar-refractivity contribution in [3.05, 3.63) is 41.9 Å². The highest BCUT2D eigenvalue weighted by Crippen LogP contribution is 2.26. The third-order valence-corrected chi connectivity index (χ3v) is 5.15. The van der Waals surface area contributed by atoms with Gasteiger partial charge >= 0.3 is 0 Å². The van der Waals surface area contributed by atoms with Crippen molar-refractivity contribution in [3.8, 4) is 11.5 Å². The molecule has 8 heteroatoms. The molecule has 2 aromatic rings. The quantitative estimate of drug-likeness (QED) is 0.709. The number of hydrogen-bond acceptors (Lipinski definition) is 7. The number of carbonyl (C=O) groups excluding carboxylic acids is 1. The fraction of sp³-hybridized carbons (Fsp3) is 0.500. The molecule has 1 aliphatic heterocycles. The summed E-state index contributed by atoms with van der Waals surface area (Å²) >= 11 is 0. The summed E-state index contributed by atoms with van der Waals surface area (Å²) in [7, 11) is 7.26. The van der Waals surface area contributed by atoms with E-state index < -0.39 is 0 Å². The molecular weight excluding hydrogens is 382 g/mol. The van der Waals surface area contributed by atoms with E-state index in [0.29, 0.717) is 24.0 Å². The number of para-hydroxylation sites is 2. The van der Waals surface area contributed by atoms with Crippen LogP contribution in [0.2, 0.25) is 0 Å². The van der Waals surface area contributed by atoms with Crippen molar-refractivity contribution < 1.29 is 14.3 Å². The molecular formula is C22H31N5O3. The van der Waals surface area contributed by atoms with Crippen LogP contribution in [-0.2, 0) is 11.3 Å². The summed E-state index contributed by atoms with van der Waals surface area (Å²) in [5, 5.41) is 3.42. The predicted octanol–water partition coefficient (Wildman–Crippen LogP) is 2.06. The maximum atomic E-state index is 12.6. The monoisotopic (exact) mass is 413 g/mol. The Morgan fingerprint density at radius 1 is 1.20 bits per heavy atom. The molecule has 0 saturated carbocycles. The van der Waals surface area contributed by atoms with Gasteiger partial charge in [0.05, 0.1) is 19.3 Å². The second-order valence-corrected chi connectivity index (χ2v) is 7.70. The zero-order valence-electron chi connectivity index (χ0n) is 18.2. The normalized spacial score (nSPS) is 16.1. The lowest BCUT2D eigenvalue weighted by Gasteiger charge is -2.24. The van der Waals surface area contributed by atoms with Gasteiger partial charge in [-0.05, 0) is 31.5 Å². The van der Waals surface area contributed by atoms with Gasteiger partial charge in [-0.1, -0.05) is 12.1 Å². The molecule has 2 heterocycles. The van der Waals surface area contributed by atoms with Crippen LogP contribution < -0.4 is 19.7 Å². The van der Waals surface area contributed by atoms with Crippen molar-refractivity contribution in [2.24, 2.45) is 0 Å². The highest BCUT2D eigenvalue weighted by Gasteiger charge is 2.21. The molecule has 0 bridgehead atoms. The Bertz CT molecular complexity index is 852. The van der Waals surface area contributed by atoms with Crippen LogP contribution >= 0.6 is 0 Å². The van der Waals surface area contributed by atoms with E-state index in [-0.39, 0.29) is 12.5 Å². The number of carbonyl (C=O) groups is 1. The molecule has 3 rings (SSSR count). The van der Waals surface area contributed by atoms with Crippen molar-refractivity contribution in [2.45, 2.75) is 25.3 Å². The molecule has 1 aliphatic rings. The topological polar surface area (TPSA) is 79.8 Å². The highest BCUT2D eigenvalue weighted by atomic mass is 16.5. The Labute approximate surface area is 178 Å². The molecule has 30 heavy (non-hydrogen) atoms. The largest absolute Gasteiger partial charge is 0.493 e. The van der Waals surface area contributed by atoms with Crippen LogP contribution in [-0.4, -0.2) is 68.7 Å². The number of methoxy groups -OCH3 is 1. The van der Waals surface area contributed by atoms with Gasteiger partial charge < -0.3 is 24.6 Å². The number of ether oxygens (including phenoxy) is 2. The molecule has 1 saturated heterocycles. The first-order chi connectivity index (χ1) is 14.5. The SMILES string of the molecule is COc1ccccc1OCC(=O)N(C)Cc1cc(N(C)C)nc(C2CCCNC2)n1. The summed E-state index contributed by atoms with van der Waals surface area (Å²) in [6.45, 7) is 2.25. The average molecular weight is 414 g/mol. The van der Waals surface area contributed by atoms with Crippen molar-refractivity contribution in [1.82, 2.24) is 20.2 Å². The van der Waals surface area contributed by atoms with Gasteiger partial charge in [0.1, 0.15) is 11.6 Å². The number of benzene rings is 1. The Balaban J connectivity index is 1.67. The van der Waals surface area contributed by atoms with E-state index in [9.17, 15) is 4.79 Å². The molecule has 1 aromatic carbocycles. The highest BCUT2D eigenvalue weighted by molar-refractivity contribution is 5.77. The molecule has 1 N–H and O–H groups in total. The predicted molar refractivity (Wildman–Crippen MR) is 116 cm³/mol. The third-order valence-electron chi connectivity index (χ3n) is 5.15. The molecule has 8 nitrogen and oxygen atoms in total. The fourth-order valence-electron chi connectivity index (χ4n) is 3.39. The van der Waals surface area contributed by atoms with Crippen LogP contribution in [0.4, 0.5) is 5.82 Å². The van der Waals surface area contributed by atoms with Gasteiger partial charge in [0, 0.05) is 39.7 Å². The first-order valence-electron chi connectivity index (χ1n) is 10.2. The summed E-state index contributed by atoms with van der Waals surface area (Å²) < 4.78 is 10.9. The van der Waals surface area contributed by atoms with Crippen LogP contribution in [0.25, 0.3) is 0 Å². The van der Waals surface area contributed by atoms with Crippen molar-refractivity contribution >= 4 is 11.7 Å². The van der Waals surface area contributed by atoms with Crippen molar-refractivity contribution in [3.63, 3.8) is 0 Å². The molecule has 1 fully saturated rings. The number of hydrogen-bond donors (Lipinski definition) is 1. The number of amides is 1. The van der Waals surface area contributed by atoms with Crippen LogP contribution in [0.1, 0.15) is 30.3 Å². The van der Waals surface area contributed by atoms with Gasteiger partial charge in [0.25, 0.3) is 5.91 Å². The average Bonchev–Trinajstić information content (AvgIpc) is 2.77. The molecule has 0 aliphatic carbocycles. The lowest BCUT2D eigenvalue weighted by molar-refractivity contribution is -0.132. The van der Waals surface area contributed by atoms with Gasteiger partial charge in [0.2, 0.25) is 0 Å². The van der Waals surface area contributed by atoms with E-state index >= 15 is 0 Å². The molecule has 1 unspecified atom stereocenters. The summed E-state index contributed by atoms with van der Waals surface area (Å²) in [5.41, 5.74) is 0.822. The van der Waals surface area contributed by atoms with Crippen LogP contribution in [0, 0.1) is 0 Å². The Morgan fingerprint density at radius 3 is 2.63 bits per heavy atom. The summed E-state index contributed by atoms with van der Waals surface area (Å²) in [6, 6.07) is 9.22. The standard InChI is InChI=1S/C22H31N5O3/c1-26(2)20-12-17(24-22(25-20)16-8-7-11-23-13-16)14-27(3)21(28)15-30-19-10-6-5-9-18(19)29-4/h5-6,9-10,12,16,23H,7-8,11,13-15H2,1-4H3. The maximum Gasteiger partial charge on any atom is 0.260 e. The first kappa shape index (κ1) is 21.8. The maximum absolute atomic E-state index is 12.6. The fourth-order valence-corrected chi connectivity index (χ4v) is 3.39. The van der Waals surface area contributed by atoms with Gasteiger partial charge in [-0.25, -0.2) is 9.97 Å². The minimum Gasteiger partial charge on any atom is -0.493 e. The van der Waals surface area contributed by atoms with Crippen molar-refractivity contribution in [2.75, 3.05) is 52.8 Å². The minimum atomic E-state index is -0.133. The van der Waals surface area contributed by atoms with E-state index in [2.05, 4.69) is 5.32 Å².